The molecular formula is C29H30F2N4O5. The number of fused-ring (bicyclic) bond motifs is 1. The van der Waals surface area contributed by atoms with Crippen LogP contribution in [0.15, 0.2) is 36.4 Å². The number of ether oxygens (including phenoxy) is 2. The molecule has 0 spiro atoms. The Morgan fingerprint density at radius 1 is 1.12 bits per heavy atom. The molecule has 210 valence electrons. The standard InChI is InChI=1S/C29H30F2N4O5/c1-16(36)33-11-19-12-35(27(38)39-19)18-6-7-20(24(30)10-18)17-5-8-21(25(31)9-17)29(15-32)22-13-34(14-23(22)29)26(37)40-28(2,3)4/h5-10,19,22-23H,11-14H2,1-4H3,(H,33,36)/t19-,22-,23+,29+/m0/s1. The number of nitrogens with one attached hydrogen (secondary N) is 1. The number of hydrogen-bond acceptors (Lipinski definition) is 6. The van der Waals surface area contributed by atoms with Crippen LogP contribution in [0.2, 0.25) is 0 Å². The predicted octanol–water partition coefficient (Wildman–Crippen LogP) is 4.35. The van der Waals surface area contributed by atoms with E-state index < -0.39 is 40.9 Å². The minimum absolute atomic E-state index is 0.134. The highest BCUT2D eigenvalue weighted by molar-refractivity contribution is 5.90. The Hall–Kier alpha value is -4.20. The van der Waals surface area contributed by atoms with Crippen LogP contribution in [-0.4, -0.2) is 60.9 Å². The van der Waals surface area contributed by atoms with Gasteiger partial charge in [0.05, 0.1) is 30.3 Å². The molecule has 0 aromatic heterocycles. The number of cyclic esters (lactones) is 1. The summed E-state index contributed by atoms with van der Waals surface area (Å²) in [5.74, 6) is -1.96. The Kier molecular flexibility index (Phi) is 6.68. The number of amides is 3. The summed E-state index contributed by atoms with van der Waals surface area (Å²) >= 11 is 0. The molecule has 1 aliphatic carbocycles. The number of likely N-dealkylation sites (tertiary alicyclic amines) is 1. The van der Waals surface area contributed by atoms with E-state index in [0.717, 1.165) is 0 Å². The quantitative estimate of drug-likeness (QED) is 0.590. The van der Waals surface area contributed by atoms with Crippen molar-refractivity contribution >= 4 is 23.8 Å². The summed E-state index contributed by atoms with van der Waals surface area (Å²) in [6.07, 6.45) is -1.67. The fourth-order valence-corrected chi connectivity index (χ4v) is 5.75. The molecule has 2 heterocycles. The maximum Gasteiger partial charge on any atom is 0.414 e. The van der Waals surface area contributed by atoms with Crippen molar-refractivity contribution in [3.05, 3.63) is 53.6 Å². The number of hydrogen-bond donors (Lipinski definition) is 1. The molecule has 3 fully saturated rings. The summed E-state index contributed by atoms with van der Waals surface area (Å²) in [7, 11) is 0. The fourth-order valence-electron chi connectivity index (χ4n) is 5.75. The van der Waals surface area contributed by atoms with Crippen LogP contribution in [0.4, 0.5) is 24.1 Å². The van der Waals surface area contributed by atoms with E-state index in [1.165, 1.54) is 36.1 Å². The minimum atomic E-state index is -1.05. The molecule has 0 radical (unpaired) electrons. The SMILES string of the molecule is CC(=O)NC[C@H]1CN(c2ccc(-c3ccc([C@@]4(C#N)[C@@H]5CN(C(=O)OC(C)(C)C)C[C@@H]54)c(F)c3)c(F)c2)C(=O)O1. The molecule has 1 N–H and O–H groups in total. The van der Waals surface area contributed by atoms with Crippen molar-refractivity contribution in [3.63, 3.8) is 0 Å². The summed E-state index contributed by atoms with van der Waals surface area (Å²) in [6, 6.07) is 10.8. The Morgan fingerprint density at radius 2 is 1.82 bits per heavy atom. The van der Waals surface area contributed by atoms with Gasteiger partial charge in [0.25, 0.3) is 0 Å². The van der Waals surface area contributed by atoms with Crippen molar-refractivity contribution < 1.29 is 32.6 Å². The molecule has 4 atom stereocenters. The lowest BCUT2D eigenvalue weighted by Crippen LogP contribution is -2.39. The fraction of sp³-hybridized carbons (Fsp3) is 0.448. The first kappa shape index (κ1) is 27.4. The molecule has 1 saturated carbocycles. The van der Waals surface area contributed by atoms with Gasteiger partial charge in [-0.25, -0.2) is 18.4 Å². The van der Waals surface area contributed by atoms with Gasteiger partial charge in [-0.1, -0.05) is 12.1 Å². The highest BCUT2D eigenvalue weighted by Gasteiger charge is 2.71. The second-order valence-electron chi connectivity index (χ2n) is 11.5. The highest BCUT2D eigenvalue weighted by atomic mass is 19.1. The maximum atomic E-state index is 15.4. The van der Waals surface area contributed by atoms with Crippen molar-refractivity contribution in [2.45, 2.75) is 44.8 Å². The molecule has 2 saturated heterocycles. The Labute approximate surface area is 230 Å². The molecule has 9 nitrogen and oxygen atoms in total. The van der Waals surface area contributed by atoms with E-state index in [-0.39, 0.29) is 53.2 Å². The number of nitrogens with zero attached hydrogens (tertiary/aromatic N) is 3. The van der Waals surface area contributed by atoms with E-state index in [2.05, 4.69) is 11.4 Å². The minimum Gasteiger partial charge on any atom is -0.444 e. The van der Waals surface area contributed by atoms with Crippen LogP contribution in [0, 0.1) is 34.8 Å². The summed E-state index contributed by atoms with van der Waals surface area (Å²) in [5, 5.41) is 12.6. The van der Waals surface area contributed by atoms with Gasteiger partial charge in [-0.2, -0.15) is 5.26 Å². The largest absolute Gasteiger partial charge is 0.444 e. The molecular weight excluding hydrogens is 522 g/mol. The molecule has 3 aliphatic rings. The maximum absolute atomic E-state index is 15.4. The van der Waals surface area contributed by atoms with Gasteiger partial charge in [-0.3, -0.25) is 9.69 Å². The number of rotatable bonds is 5. The van der Waals surface area contributed by atoms with Gasteiger partial charge in [-0.15, -0.1) is 0 Å². The number of anilines is 1. The van der Waals surface area contributed by atoms with Crippen LogP contribution in [0.5, 0.6) is 0 Å². The van der Waals surface area contributed by atoms with E-state index in [1.807, 2.05) is 0 Å². The number of carbonyl (C=O) groups excluding carboxylic acids is 3. The molecule has 2 aromatic carbocycles. The van der Waals surface area contributed by atoms with Crippen LogP contribution in [0.25, 0.3) is 11.1 Å². The third-order valence-corrected chi connectivity index (χ3v) is 7.66. The summed E-state index contributed by atoms with van der Waals surface area (Å²) < 4.78 is 41.3. The van der Waals surface area contributed by atoms with Crippen molar-refractivity contribution in [1.29, 1.82) is 5.26 Å². The lowest BCUT2D eigenvalue weighted by molar-refractivity contribution is -0.119. The van der Waals surface area contributed by atoms with Crippen LogP contribution in [-0.2, 0) is 19.7 Å². The second kappa shape index (κ2) is 9.77. The smallest absolute Gasteiger partial charge is 0.414 e. The third kappa shape index (κ3) is 4.83. The zero-order valence-corrected chi connectivity index (χ0v) is 22.7. The Balaban J connectivity index is 1.30. The number of piperidine rings is 1. The van der Waals surface area contributed by atoms with Gasteiger partial charge in [0.2, 0.25) is 5.91 Å². The van der Waals surface area contributed by atoms with E-state index in [0.29, 0.717) is 13.1 Å². The zero-order chi connectivity index (χ0) is 29.0. The highest BCUT2D eigenvalue weighted by Crippen LogP contribution is 2.63. The van der Waals surface area contributed by atoms with Crippen LogP contribution in [0.1, 0.15) is 33.3 Å². The molecule has 5 rings (SSSR count). The summed E-state index contributed by atoms with van der Waals surface area (Å²) in [4.78, 5) is 38.6. The average Bonchev–Trinajstić information content (AvgIpc) is 3.16. The number of nitriles is 1. The Morgan fingerprint density at radius 3 is 2.40 bits per heavy atom. The first-order valence-electron chi connectivity index (χ1n) is 13.1. The summed E-state index contributed by atoms with van der Waals surface area (Å²) in [5.41, 5.74) is -0.758. The third-order valence-electron chi connectivity index (χ3n) is 7.66. The van der Waals surface area contributed by atoms with E-state index >= 15 is 8.78 Å². The van der Waals surface area contributed by atoms with Crippen molar-refractivity contribution in [2.24, 2.45) is 11.8 Å². The van der Waals surface area contributed by atoms with Crippen molar-refractivity contribution in [1.82, 2.24) is 10.2 Å². The first-order chi connectivity index (χ1) is 18.8. The monoisotopic (exact) mass is 552 g/mol. The molecule has 0 unspecified atom stereocenters. The van der Waals surface area contributed by atoms with Crippen LogP contribution in [0.3, 0.4) is 0 Å². The molecule has 11 heteroatoms. The van der Waals surface area contributed by atoms with Gasteiger partial charge in [-0.05, 0) is 50.6 Å². The lowest BCUT2D eigenvalue weighted by atomic mass is 9.89. The summed E-state index contributed by atoms with van der Waals surface area (Å²) in [6.45, 7) is 7.58. The van der Waals surface area contributed by atoms with E-state index in [4.69, 9.17) is 9.47 Å². The molecule has 0 bridgehead atoms. The zero-order valence-electron chi connectivity index (χ0n) is 22.7. The molecule has 2 aromatic rings. The Bertz CT molecular complexity index is 1420. The molecule has 2 aliphatic heterocycles. The lowest BCUT2D eigenvalue weighted by Gasteiger charge is -2.27. The normalized spacial score (nSPS) is 25.2. The molecule has 3 amide bonds. The number of benzene rings is 2. The van der Waals surface area contributed by atoms with Gasteiger partial charge >= 0.3 is 12.2 Å². The predicted molar refractivity (Wildman–Crippen MR) is 140 cm³/mol. The average molecular weight is 553 g/mol. The van der Waals surface area contributed by atoms with E-state index in [9.17, 15) is 19.6 Å². The topological polar surface area (TPSA) is 112 Å². The van der Waals surface area contributed by atoms with Gasteiger partial charge in [0.15, 0.2) is 0 Å². The van der Waals surface area contributed by atoms with Gasteiger partial charge in [0.1, 0.15) is 23.3 Å². The van der Waals surface area contributed by atoms with Crippen LogP contribution >= 0.6 is 0 Å². The second-order valence-corrected chi connectivity index (χ2v) is 11.5. The van der Waals surface area contributed by atoms with Crippen molar-refractivity contribution in [2.75, 3.05) is 31.1 Å². The van der Waals surface area contributed by atoms with Gasteiger partial charge < -0.3 is 19.7 Å². The van der Waals surface area contributed by atoms with E-state index in [1.54, 1.807) is 37.8 Å². The number of halogens is 2. The molecule has 40 heavy (non-hydrogen) atoms. The van der Waals surface area contributed by atoms with Crippen LogP contribution < -0.4 is 10.2 Å². The van der Waals surface area contributed by atoms with Crippen molar-refractivity contribution in [3.8, 4) is 17.2 Å². The van der Waals surface area contributed by atoms with Gasteiger partial charge in [0, 0.05) is 43.0 Å². The number of carbonyl (C=O) groups is 3. The first-order valence-corrected chi connectivity index (χ1v) is 13.1.